The van der Waals surface area contributed by atoms with E-state index in [9.17, 15) is 14.0 Å². The first-order chi connectivity index (χ1) is 14.5. The summed E-state index contributed by atoms with van der Waals surface area (Å²) in [5.74, 6) is 0.261. The van der Waals surface area contributed by atoms with Gasteiger partial charge in [0.1, 0.15) is 27.8 Å². The van der Waals surface area contributed by atoms with E-state index < -0.39 is 11.4 Å². The molecular weight excluding hydrogens is 555 g/mol. The lowest BCUT2D eigenvalue weighted by atomic mass is 10.2. The fourth-order valence-corrected chi connectivity index (χ4v) is 4.41. The lowest BCUT2D eigenvalue weighted by molar-refractivity contribution is 0.00752. The molecule has 2 aromatic carbocycles. The predicted molar refractivity (Wildman–Crippen MR) is 127 cm³/mol. The van der Waals surface area contributed by atoms with Gasteiger partial charge < -0.3 is 14.2 Å². The number of carbonyl (C=O) groups is 2. The Balaban J connectivity index is 0.000000245. The minimum Gasteiger partial charge on any atom is -0.496 e. The van der Waals surface area contributed by atoms with Gasteiger partial charge in [0.2, 0.25) is 0 Å². The highest BCUT2D eigenvalue weighted by molar-refractivity contribution is 9.11. The van der Waals surface area contributed by atoms with Crippen LogP contribution in [-0.4, -0.2) is 32.1 Å². The second-order valence-electron chi connectivity index (χ2n) is 7.26. The van der Waals surface area contributed by atoms with Crippen LogP contribution in [-0.2, 0) is 4.74 Å². The minimum absolute atomic E-state index is 0.0164. The van der Waals surface area contributed by atoms with Crippen molar-refractivity contribution in [1.29, 1.82) is 0 Å². The third-order valence-electron chi connectivity index (χ3n) is 3.79. The average molecular weight is 576 g/mol. The van der Waals surface area contributed by atoms with Gasteiger partial charge in [0.05, 0.1) is 28.7 Å². The van der Waals surface area contributed by atoms with E-state index in [1.165, 1.54) is 24.5 Å². The molecule has 0 fully saturated rings. The first kappa shape index (κ1) is 25.3. The number of esters is 1. The fraction of sp³-hybridized carbons (Fsp3) is 0.273. The van der Waals surface area contributed by atoms with Gasteiger partial charge in [0.15, 0.2) is 6.29 Å². The van der Waals surface area contributed by atoms with Crippen molar-refractivity contribution in [1.82, 2.24) is 0 Å². The molecule has 0 bridgehead atoms. The molecule has 0 radical (unpaired) electrons. The second-order valence-corrected chi connectivity index (χ2v) is 10.1. The maximum absolute atomic E-state index is 12.9. The summed E-state index contributed by atoms with van der Waals surface area (Å²) in [6.45, 7) is 5.58. The Morgan fingerprint density at radius 2 is 1.58 bits per heavy atom. The SMILES string of the molecule is COc1cc(F)c(C=O)cc1Br.COc1cc2sc(C(=O)OC(C)(C)C)cc2cc1Br. The maximum Gasteiger partial charge on any atom is 0.348 e. The molecule has 0 atom stereocenters. The first-order valence-corrected chi connectivity index (χ1v) is 11.4. The summed E-state index contributed by atoms with van der Waals surface area (Å²) < 4.78 is 30.8. The number of hydrogen-bond donors (Lipinski definition) is 0. The fourth-order valence-electron chi connectivity index (χ4n) is 2.42. The van der Waals surface area contributed by atoms with Gasteiger partial charge in [-0.05, 0) is 82.3 Å². The summed E-state index contributed by atoms with van der Waals surface area (Å²) in [5.41, 5.74) is -0.464. The van der Waals surface area contributed by atoms with Gasteiger partial charge in [-0.3, -0.25) is 4.79 Å². The molecular formula is C22H21Br2FO5S. The van der Waals surface area contributed by atoms with Gasteiger partial charge in [-0.1, -0.05) is 0 Å². The number of rotatable bonds is 4. The topological polar surface area (TPSA) is 61.8 Å². The van der Waals surface area contributed by atoms with Crippen LogP contribution in [0.25, 0.3) is 10.1 Å². The molecule has 0 aliphatic carbocycles. The molecule has 0 aliphatic rings. The van der Waals surface area contributed by atoms with Crippen LogP contribution in [0.1, 0.15) is 40.8 Å². The van der Waals surface area contributed by atoms with Crippen molar-refractivity contribution in [2.75, 3.05) is 14.2 Å². The Labute approximate surface area is 200 Å². The van der Waals surface area contributed by atoms with E-state index in [2.05, 4.69) is 31.9 Å². The number of fused-ring (bicyclic) bond motifs is 1. The Morgan fingerprint density at radius 1 is 1.00 bits per heavy atom. The highest BCUT2D eigenvalue weighted by Crippen LogP contribution is 2.35. The first-order valence-electron chi connectivity index (χ1n) is 8.97. The molecule has 31 heavy (non-hydrogen) atoms. The molecule has 3 aromatic rings. The summed E-state index contributed by atoms with van der Waals surface area (Å²) in [6, 6.07) is 8.24. The van der Waals surface area contributed by atoms with E-state index in [4.69, 9.17) is 14.2 Å². The molecule has 0 saturated carbocycles. The highest BCUT2D eigenvalue weighted by Gasteiger charge is 2.20. The van der Waals surface area contributed by atoms with E-state index in [-0.39, 0.29) is 11.5 Å². The van der Waals surface area contributed by atoms with Crippen LogP contribution in [0.4, 0.5) is 4.39 Å². The summed E-state index contributed by atoms with van der Waals surface area (Å²) in [7, 11) is 3.05. The van der Waals surface area contributed by atoms with Crippen LogP contribution >= 0.6 is 43.2 Å². The van der Waals surface area contributed by atoms with Crippen molar-refractivity contribution in [2.24, 2.45) is 0 Å². The molecule has 1 heterocycles. The smallest absolute Gasteiger partial charge is 0.348 e. The van der Waals surface area contributed by atoms with Crippen LogP contribution in [0.2, 0.25) is 0 Å². The quantitative estimate of drug-likeness (QED) is 0.247. The molecule has 0 N–H and O–H groups in total. The number of methoxy groups -OCH3 is 2. The number of carbonyl (C=O) groups excluding carboxylic acids is 2. The zero-order valence-corrected chi connectivity index (χ0v) is 21.5. The number of aldehydes is 1. The van der Waals surface area contributed by atoms with Crippen LogP contribution < -0.4 is 9.47 Å². The number of halogens is 3. The molecule has 1 aromatic heterocycles. The summed E-state index contributed by atoms with van der Waals surface area (Å²) in [6.07, 6.45) is 0.458. The van der Waals surface area contributed by atoms with Crippen LogP contribution in [0.15, 0.2) is 39.3 Å². The van der Waals surface area contributed by atoms with Crippen molar-refractivity contribution in [3.63, 3.8) is 0 Å². The van der Waals surface area contributed by atoms with Crippen molar-refractivity contribution in [3.05, 3.63) is 55.5 Å². The molecule has 0 aliphatic heterocycles. The Kier molecular flexibility index (Phi) is 8.62. The molecule has 5 nitrogen and oxygen atoms in total. The number of benzene rings is 2. The van der Waals surface area contributed by atoms with Gasteiger partial charge in [0.25, 0.3) is 0 Å². The van der Waals surface area contributed by atoms with Crippen LogP contribution in [0.3, 0.4) is 0 Å². The van der Waals surface area contributed by atoms with Gasteiger partial charge >= 0.3 is 5.97 Å². The molecule has 9 heteroatoms. The predicted octanol–water partition coefficient (Wildman–Crippen LogP) is 7.04. The van der Waals surface area contributed by atoms with Crippen molar-refractivity contribution in [3.8, 4) is 11.5 Å². The molecule has 3 rings (SSSR count). The highest BCUT2D eigenvalue weighted by atomic mass is 79.9. The van der Waals surface area contributed by atoms with E-state index in [0.29, 0.717) is 21.4 Å². The van der Waals surface area contributed by atoms with Crippen LogP contribution in [0, 0.1) is 5.82 Å². The third-order valence-corrected chi connectivity index (χ3v) is 6.11. The number of hydrogen-bond acceptors (Lipinski definition) is 6. The zero-order valence-electron chi connectivity index (χ0n) is 17.5. The molecule has 0 unspecified atom stereocenters. The standard InChI is InChI=1S/C14H15BrO3S.C8H6BrFO2/c1-14(2,3)18-13(16)12-6-8-5-9(15)10(17-4)7-11(8)19-12;1-12-8-3-7(10)5(4-11)2-6(8)9/h5-7H,1-4H3;2-4H,1H3. The molecule has 0 saturated heterocycles. The lowest BCUT2D eigenvalue weighted by Gasteiger charge is -2.18. The summed E-state index contributed by atoms with van der Waals surface area (Å²) >= 11 is 7.98. The van der Waals surface area contributed by atoms with Gasteiger partial charge in [-0.25, -0.2) is 9.18 Å². The lowest BCUT2D eigenvalue weighted by Crippen LogP contribution is -2.23. The van der Waals surface area contributed by atoms with Gasteiger partial charge in [0, 0.05) is 10.8 Å². The average Bonchev–Trinajstić information content (AvgIpc) is 3.10. The van der Waals surface area contributed by atoms with Gasteiger partial charge in [-0.2, -0.15) is 0 Å². The Bertz CT molecular complexity index is 1110. The van der Waals surface area contributed by atoms with Crippen molar-refractivity contribution in [2.45, 2.75) is 26.4 Å². The van der Waals surface area contributed by atoms with E-state index >= 15 is 0 Å². The summed E-state index contributed by atoms with van der Waals surface area (Å²) in [5, 5.41) is 0.999. The maximum atomic E-state index is 12.9. The molecule has 166 valence electrons. The van der Waals surface area contributed by atoms with E-state index in [1.54, 1.807) is 7.11 Å². The monoisotopic (exact) mass is 574 g/mol. The summed E-state index contributed by atoms with van der Waals surface area (Å²) in [4.78, 5) is 22.9. The third kappa shape index (κ3) is 6.75. The van der Waals surface area contributed by atoms with Crippen molar-refractivity contribution >= 4 is 65.5 Å². The van der Waals surface area contributed by atoms with E-state index in [0.717, 1.165) is 26.4 Å². The molecule has 0 spiro atoms. The van der Waals surface area contributed by atoms with Gasteiger partial charge in [-0.15, -0.1) is 11.3 Å². The number of ether oxygens (including phenoxy) is 3. The zero-order chi connectivity index (χ0) is 23.3. The molecule has 0 amide bonds. The second kappa shape index (κ2) is 10.6. The largest absolute Gasteiger partial charge is 0.496 e. The van der Waals surface area contributed by atoms with E-state index in [1.807, 2.05) is 39.0 Å². The van der Waals surface area contributed by atoms with Crippen LogP contribution in [0.5, 0.6) is 11.5 Å². The van der Waals surface area contributed by atoms with Crippen molar-refractivity contribution < 1.29 is 28.2 Å². The number of thiophene rings is 1. The Hall–Kier alpha value is -1.97. The Morgan fingerprint density at radius 3 is 2.13 bits per heavy atom. The normalized spacial score (nSPS) is 10.8. The minimum atomic E-state index is -0.579.